The van der Waals surface area contributed by atoms with Crippen molar-refractivity contribution in [2.24, 2.45) is 0 Å². The van der Waals surface area contributed by atoms with Gasteiger partial charge in [0, 0.05) is 37.1 Å². The van der Waals surface area contributed by atoms with Gasteiger partial charge >= 0.3 is 6.09 Å². The Morgan fingerprint density at radius 1 is 1.17 bits per heavy atom. The number of nitrogens with one attached hydrogen (secondary N) is 1. The molecule has 1 fully saturated rings. The van der Waals surface area contributed by atoms with Crippen LogP contribution in [0.5, 0.6) is 0 Å². The molecule has 0 aromatic carbocycles. The molecule has 0 bridgehead atoms. The van der Waals surface area contributed by atoms with Crippen LogP contribution in [0.25, 0.3) is 0 Å². The first-order valence-electron chi connectivity index (χ1n) is 7.82. The number of nitrogens with zero attached hydrogens (tertiary/aromatic N) is 2. The van der Waals surface area contributed by atoms with E-state index in [1.54, 1.807) is 21.2 Å². The van der Waals surface area contributed by atoms with Gasteiger partial charge in [-0.05, 0) is 32.2 Å². The number of hydrogen-bond acceptors (Lipinski definition) is 5. The number of carbonyl (C=O) groups excluding carboxylic acids is 3. The third-order valence-electron chi connectivity index (χ3n) is 3.47. The molecule has 3 amide bonds. The molecular formula is C16H23N3O4S. The van der Waals surface area contributed by atoms with Crippen molar-refractivity contribution in [1.82, 2.24) is 15.1 Å². The predicted molar refractivity (Wildman–Crippen MR) is 91.0 cm³/mol. The first kappa shape index (κ1) is 18.3. The Kier molecular flexibility index (Phi) is 5.82. The van der Waals surface area contributed by atoms with Crippen molar-refractivity contribution in [1.29, 1.82) is 0 Å². The van der Waals surface area contributed by atoms with Gasteiger partial charge in [-0.2, -0.15) is 11.3 Å². The van der Waals surface area contributed by atoms with Crippen molar-refractivity contribution in [2.45, 2.75) is 26.4 Å². The smallest absolute Gasteiger partial charge is 0.410 e. The first-order valence-corrected chi connectivity index (χ1v) is 8.76. The maximum Gasteiger partial charge on any atom is 0.410 e. The monoisotopic (exact) mass is 353 g/mol. The Morgan fingerprint density at radius 2 is 1.79 bits per heavy atom. The summed E-state index contributed by atoms with van der Waals surface area (Å²) in [5.74, 6) is -0.403. The number of amides is 3. The molecule has 1 aromatic heterocycles. The van der Waals surface area contributed by atoms with E-state index in [0.29, 0.717) is 31.7 Å². The highest BCUT2D eigenvalue weighted by molar-refractivity contribution is 7.08. The van der Waals surface area contributed by atoms with Crippen LogP contribution in [0.2, 0.25) is 0 Å². The van der Waals surface area contributed by atoms with Gasteiger partial charge in [0.1, 0.15) is 5.60 Å². The topological polar surface area (TPSA) is 79.0 Å². The van der Waals surface area contributed by atoms with Gasteiger partial charge in [0.05, 0.1) is 6.54 Å². The third kappa shape index (κ3) is 5.23. The van der Waals surface area contributed by atoms with Crippen LogP contribution >= 0.6 is 11.3 Å². The first-order chi connectivity index (χ1) is 11.3. The Bertz CT molecular complexity index is 587. The molecule has 0 aliphatic carbocycles. The summed E-state index contributed by atoms with van der Waals surface area (Å²) in [6.45, 7) is 7.15. The van der Waals surface area contributed by atoms with Gasteiger partial charge in [-0.3, -0.25) is 9.59 Å². The van der Waals surface area contributed by atoms with E-state index in [1.807, 2.05) is 26.2 Å². The fraction of sp³-hybridized carbons (Fsp3) is 0.562. The molecule has 0 radical (unpaired) electrons. The largest absolute Gasteiger partial charge is 0.444 e. The normalized spacial score (nSPS) is 15.1. The summed E-state index contributed by atoms with van der Waals surface area (Å²) in [6.07, 6.45) is -0.361. The second kappa shape index (κ2) is 7.65. The zero-order valence-corrected chi connectivity index (χ0v) is 15.0. The molecule has 1 aromatic rings. The van der Waals surface area contributed by atoms with E-state index in [-0.39, 0.29) is 24.5 Å². The highest BCUT2D eigenvalue weighted by Crippen LogP contribution is 2.12. The van der Waals surface area contributed by atoms with Crippen molar-refractivity contribution in [2.75, 3.05) is 32.7 Å². The number of rotatable bonds is 3. The quantitative estimate of drug-likeness (QED) is 0.894. The molecule has 1 saturated heterocycles. The molecule has 0 unspecified atom stereocenters. The lowest BCUT2D eigenvalue weighted by Crippen LogP contribution is -2.53. The molecule has 1 aliphatic rings. The molecule has 2 heterocycles. The van der Waals surface area contributed by atoms with Crippen LogP contribution in [-0.4, -0.2) is 66.0 Å². The highest BCUT2D eigenvalue weighted by atomic mass is 32.1. The van der Waals surface area contributed by atoms with Crippen LogP contribution in [0.4, 0.5) is 4.79 Å². The van der Waals surface area contributed by atoms with Gasteiger partial charge in [-0.1, -0.05) is 0 Å². The maximum absolute atomic E-state index is 12.2. The summed E-state index contributed by atoms with van der Waals surface area (Å²) in [5.41, 5.74) is 0.0261. The van der Waals surface area contributed by atoms with E-state index < -0.39 is 5.60 Å². The molecule has 0 atom stereocenters. The highest BCUT2D eigenvalue weighted by Gasteiger charge is 2.27. The minimum absolute atomic E-state index is 0.0406. The summed E-state index contributed by atoms with van der Waals surface area (Å²) < 4.78 is 5.32. The zero-order chi connectivity index (χ0) is 17.7. The number of thiophene rings is 1. The summed E-state index contributed by atoms with van der Waals surface area (Å²) in [5, 5.41) is 6.17. The van der Waals surface area contributed by atoms with E-state index in [4.69, 9.17) is 4.74 Å². The van der Waals surface area contributed by atoms with E-state index in [0.717, 1.165) is 0 Å². The number of ether oxygens (including phenoxy) is 1. The van der Waals surface area contributed by atoms with Gasteiger partial charge in [-0.25, -0.2) is 4.79 Å². The van der Waals surface area contributed by atoms with Gasteiger partial charge in [0.25, 0.3) is 5.91 Å². The van der Waals surface area contributed by atoms with Gasteiger partial charge < -0.3 is 19.9 Å². The van der Waals surface area contributed by atoms with Crippen LogP contribution in [0.15, 0.2) is 16.8 Å². The average Bonchev–Trinajstić information content (AvgIpc) is 3.05. The summed E-state index contributed by atoms with van der Waals surface area (Å²) in [7, 11) is 0. The van der Waals surface area contributed by atoms with Crippen molar-refractivity contribution in [3.8, 4) is 0 Å². The summed E-state index contributed by atoms with van der Waals surface area (Å²) >= 11 is 1.43. The maximum atomic E-state index is 12.2. The van der Waals surface area contributed by atoms with Crippen LogP contribution in [0.3, 0.4) is 0 Å². The molecule has 7 nitrogen and oxygen atoms in total. The molecule has 132 valence electrons. The summed E-state index contributed by atoms with van der Waals surface area (Å²) in [6, 6.07) is 1.71. The van der Waals surface area contributed by atoms with Crippen molar-refractivity contribution in [3.63, 3.8) is 0 Å². The fourth-order valence-corrected chi connectivity index (χ4v) is 2.86. The molecule has 0 saturated carbocycles. The lowest BCUT2D eigenvalue weighted by molar-refractivity contribution is -0.131. The lowest BCUT2D eigenvalue weighted by Gasteiger charge is -2.35. The number of piperazine rings is 1. The van der Waals surface area contributed by atoms with Gasteiger partial charge in [-0.15, -0.1) is 0 Å². The lowest BCUT2D eigenvalue weighted by atomic mass is 10.2. The third-order valence-corrected chi connectivity index (χ3v) is 4.15. The summed E-state index contributed by atoms with van der Waals surface area (Å²) in [4.78, 5) is 39.2. The van der Waals surface area contributed by atoms with Crippen LogP contribution < -0.4 is 5.32 Å². The molecule has 8 heteroatoms. The molecule has 0 spiro atoms. The van der Waals surface area contributed by atoms with E-state index in [2.05, 4.69) is 5.32 Å². The zero-order valence-electron chi connectivity index (χ0n) is 14.2. The minimum Gasteiger partial charge on any atom is -0.444 e. The van der Waals surface area contributed by atoms with E-state index >= 15 is 0 Å². The predicted octanol–water partition coefficient (Wildman–Crippen LogP) is 1.56. The molecule has 1 aliphatic heterocycles. The van der Waals surface area contributed by atoms with Crippen molar-refractivity contribution >= 4 is 29.2 Å². The molecule has 2 rings (SSSR count). The Balaban J connectivity index is 1.74. The standard InChI is InChI=1S/C16H23N3O4S/c1-16(2,3)23-15(22)19-7-5-18(6-8-19)13(20)10-17-14(21)12-4-9-24-11-12/h4,9,11H,5-8,10H2,1-3H3,(H,17,21). The average molecular weight is 353 g/mol. The van der Waals surface area contributed by atoms with E-state index in [1.165, 1.54) is 11.3 Å². The number of carbonyl (C=O) groups is 3. The van der Waals surface area contributed by atoms with Gasteiger partial charge in [0.2, 0.25) is 5.91 Å². The molecular weight excluding hydrogens is 330 g/mol. The van der Waals surface area contributed by atoms with Crippen molar-refractivity contribution in [3.05, 3.63) is 22.4 Å². The second-order valence-electron chi connectivity index (χ2n) is 6.54. The second-order valence-corrected chi connectivity index (χ2v) is 7.32. The van der Waals surface area contributed by atoms with E-state index in [9.17, 15) is 14.4 Å². The SMILES string of the molecule is CC(C)(C)OC(=O)N1CCN(C(=O)CNC(=O)c2ccsc2)CC1. The van der Waals surface area contributed by atoms with Crippen LogP contribution in [0.1, 0.15) is 31.1 Å². The Hall–Kier alpha value is -2.09. The Morgan fingerprint density at radius 3 is 2.33 bits per heavy atom. The van der Waals surface area contributed by atoms with Crippen molar-refractivity contribution < 1.29 is 19.1 Å². The molecule has 24 heavy (non-hydrogen) atoms. The van der Waals surface area contributed by atoms with Crippen LogP contribution in [0, 0.1) is 0 Å². The number of hydrogen-bond donors (Lipinski definition) is 1. The Labute approximate surface area is 145 Å². The molecule has 1 N–H and O–H groups in total. The van der Waals surface area contributed by atoms with Gasteiger partial charge in [0.15, 0.2) is 0 Å². The fourth-order valence-electron chi connectivity index (χ4n) is 2.23. The van der Waals surface area contributed by atoms with Crippen LogP contribution in [-0.2, 0) is 9.53 Å². The minimum atomic E-state index is -0.532.